The Labute approximate surface area is 117 Å². The zero-order valence-corrected chi connectivity index (χ0v) is 12.5. The normalized spacial score (nSPS) is 27.8. The van der Waals surface area contributed by atoms with Crippen LogP contribution in [0.1, 0.15) is 46.0 Å². The average Bonchev–Trinajstić information content (AvgIpc) is 3.13. The number of carbonyl (C=O) groups excluding carboxylic acids is 1. The van der Waals surface area contributed by atoms with E-state index in [1.807, 2.05) is 0 Å². The van der Waals surface area contributed by atoms with Gasteiger partial charge in [0.1, 0.15) is 0 Å². The molecule has 2 rings (SSSR count). The summed E-state index contributed by atoms with van der Waals surface area (Å²) in [6, 6.07) is 0. The van der Waals surface area contributed by atoms with Gasteiger partial charge in [0.05, 0.1) is 6.54 Å². The largest absolute Gasteiger partial charge is 0.341 e. The van der Waals surface area contributed by atoms with Crippen molar-refractivity contribution in [3.63, 3.8) is 0 Å². The summed E-state index contributed by atoms with van der Waals surface area (Å²) in [6.45, 7) is 8.03. The molecule has 0 bridgehead atoms. The van der Waals surface area contributed by atoms with Gasteiger partial charge in [-0.05, 0) is 50.0 Å². The molecule has 1 aliphatic carbocycles. The molecule has 2 aliphatic rings. The zero-order valence-electron chi connectivity index (χ0n) is 11.7. The van der Waals surface area contributed by atoms with Gasteiger partial charge in [-0.15, -0.1) is 12.4 Å². The van der Waals surface area contributed by atoms with Gasteiger partial charge < -0.3 is 10.2 Å². The minimum absolute atomic E-state index is 0. The Kier molecular flexibility index (Phi) is 5.93. The first kappa shape index (κ1) is 15.8. The second-order valence-electron chi connectivity index (χ2n) is 6.16. The van der Waals surface area contributed by atoms with Gasteiger partial charge >= 0.3 is 0 Å². The fraction of sp³-hybridized carbons (Fsp3) is 0.929. The van der Waals surface area contributed by atoms with Crippen molar-refractivity contribution in [2.45, 2.75) is 46.0 Å². The average molecular weight is 275 g/mol. The lowest BCUT2D eigenvalue weighted by Crippen LogP contribution is -2.47. The van der Waals surface area contributed by atoms with Gasteiger partial charge in [0.2, 0.25) is 5.91 Å². The van der Waals surface area contributed by atoms with E-state index in [4.69, 9.17) is 0 Å². The molecule has 0 aromatic heterocycles. The number of hydrogen-bond donors (Lipinski definition) is 1. The first-order chi connectivity index (χ1) is 8.13. The van der Waals surface area contributed by atoms with Gasteiger partial charge in [-0.1, -0.05) is 13.8 Å². The van der Waals surface area contributed by atoms with Crippen LogP contribution in [0.5, 0.6) is 0 Å². The maximum atomic E-state index is 12.1. The van der Waals surface area contributed by atoms with E-state index in [9.17, 15) is 4.79 Å². The van der Waals surface area contributed by atoms with Crippen LogP contribution in [-0.2, 0) is 4.79 Å². The Morgan fingerprint density at radius 3 is 2.78 bits per heavy atom. The van der Waals surface area contributed by atoms with E-state index >= 15 is 0 Å². The molecule has 1 atom stereocenters. The Morgan fingerprint density at radius 2 is 2.17 bits per heavy atom. The Bertz CT molecular complexity index is 281. The number of rotatable bonds is 5. The lowest BCUT2D eigenvalue weighted by atomic mass is 9.79. The summed E-state index contributed by atoms with van der Waals surface area (Å²) in [4.78, 5) is 14.1. The summed E-state index contributed by atoms with van der Waals surface area (Å²) in [5.41, 5.74) is 0.352. The fourth-order valence-corrected chi connectivity index (χ4v) is 2.63. The molecule has 0 aromatic rings. The van der Waals surface area contributed by atoms with Crippen molar-refractivity contribution in [2.24, 2.45) is 11.3 Å². The van der Waals surface area contributed by atoms with Crippen LogP contribution in [0.25, 0.3) is 0 Å². The highest BCUT2D eigenvalue weighted by atomic mass is 35.5. The van der Waals surface area contributed by atoms with Gasteiger partial charge in [-0.3, -0.25) is 4.79 Å². The Hall–Kier alpha value is -0.280. The highest BCUT2D eigenvalue weighted by Gasteiger charge is 2.31. The van der Waals surface area contributed by atoms with E-state index in [1.165, 1.54) is 32.1 Å². The summed E-state index contributed by atoms with van der Waals surface area (Å²) in [5, 5.41) is 3.30. The molecule has 0 radical (unpaired) electrons. The van der Waals surface area contributed by atoms with Crippen molar-refractivity contribution in [3.8, 4) is 0 Å². The molecule has 2 fully saturated rings. The Balaban J connectivity index is 0.00000162. The number of likely N-dealkylation sites (tertiary alicyclic amines) is 1. The molecule has 0 spiro atoms. The molecular weight excluding hydrogens is 248 g/mol. The van der Waals surface area contributed by atoms with Crippen LogP contribution < -0.4 is 5.32 Å². The third-order valence-electron chi connectivity index (χ3n) is 4.39. The lowest BCUT2D eigenvalue weighted by Gasteiger charge is -2.40. The van der Waals surface area contributed by atoms with E-state index in [1.54, 1.807) is 0 Å². The van der Waals surface area contributed by atoms with Crippen LogP contribution in [0.15, 0.2) is 0 Å². The van der Waals surface area contributed by atoms with Crippen LogP contribution in [0.4, 0.5) is 0 Å². The molecule has 106 valence electrons. The number of hydrogen-bond acceptors (Lipinski definition) is 2. The highest BCUT2D eigenvalue weighted by Crippen LogP contribution is 2.32. The predicted molar refractivity (Wildman–Crippen MR) is 77.1 cm³/mol. The van der Waals surface area contributed by atoms with Gasteiger partial charge in [0.25, 0.3) is 0 Å². The molecule has 1 heterocycles. The molecule has 1 saturated carbocycles. The minimum Gasteiger partial charge on any atom is -0.341 e. The van der Waals surface area contributed by atoms with E-state index in [2.05, 4.69) is 24.1 Å². The third kappa shape index (κ3) is 4.43. The first-order valence-electron chi connectivity index (χ1n) is 7.11. The molecular formula is C14H27ClN2O. The van der Waals surface area contributed by atoms with Crippen molar-refractivity contribution in [1.82, 2.24) is 10.2 Å². The Morgan fingerprint density at radius 1 is 1.44 bits per heavy atom. The van der Waals surface area contributed by atoms with Crippen molar-refractivity contribution in [2.75, 3.05) is 26.2 Å². The second kappa shape index (κ2) is 6.76. The van der Waals surface area contributed by atoms with Crippen molar-refractivity contribution in [3.05, 3.63) is 0 Å². The maximum Gasteiger partial charge on any atom is 0.236 e. The maximum absolute atomic E-state index is 12.1. The standard InChI is InChI=1S/C14H26N2O.ClH/c1-3-14(2)7-4-8-16(11-14)13(17)10-15-9-12-5-6-12;/h12,15H,3-11H2,1-2H3;1H. The monoisotopic (exact) mass is 274 g/mol. The van der Waals surface area contributed by atoms with E-state index in [0.29, 0.717) is 17.9 Å². The van der Waals surface area contributed by atoms with Crippen LogP contribution in [0.3, 0.4) is 0 Å². The van der Waals surface area contributed by atoms with Crippen LogP contribution >= 0.6 is 12.4 Å². The van der Waals surface area contributed by atoms with E-state index < -0.39 is 0 Å². The van der Waals surface area contributed by atoms with Gasteiger partial charge in [0.15, 0.2) is 0 Å². The predicted octanol–water partition coefficient (Wildman–Crippen LogP) is 2.45. The molecule has 4 heteroatoms. The van der Waals surface area contributed by atoms with Crippen LogP contribution in [0, 0.1) is 11.3 Å². The zero-order chi connectivity index (χ0) is 12.3. The molecule has 18 heavy (non-hydrogen) atoms. The van der Waals surface area contributed by atoms with Gasteiger partial charge in [0, 0.05) is 13.1 Å². The molecule has 1 aliphatic heterocycles. The van der Waals surface area contributed by atoms with E-state index in [0.717, 1.165) is 25.6 Å². The summed E-state index contributed by atoms with van der Waals surface area (Å²) in [5.74, 6) is 1.15. The van der Waals surface area contributed by atoms with Crippen LogP contribution in [0.2, 0.25) is 0 Å². The van der Waals surface area contributed by atoms with Crippen molar-refractivity contribution >= 4 is 18.3 Å². The number of nitrogens with zero attached hydrogens (tertiary/aromatic N) is 1. The SMILES string of the molecule is CCC1(C)CCCN(C(=O)CNCC2CC2)C1.Cl. The topological polar surface area (TPSA) is 32.3 Å². The molecule has 1 N–H and O–H groups in total. The van der Waals surface area contributed by atoms with Crippen LogP contribution in [-0.4, -0.2) is 37.0 Å². The molecule has 1 unspecified atom stereocenters. The summed E-state index contributed by atoms with van der Waals surface area (Å²) >= 11 is 0. The van der Waals surface area contributed by atoms with Gasteiger partial charge in [-0.2, -0.15) is 0 Å². The minimum atomic E-state index is 0. The summed E-state index contributed by atoms with van der Waals surface area (Å²) in [6.07, 6.45) is 6.30. The second-order valence-corrected chi connectivity index (χ2v) is 6.16. The van der Waals surface area contributed by atoms with Crippen molar-refractivity contribution < 1.29 is 4.79 Å². The summed E-state index contributed by atoms with van der Waals surface area (Å²) in [7, 11) is 0. The van der Waals surface area contributed by atoms with Gasteiger partial charge in [-0.25, -0.2) is 0 Å². The number of halogens is 1. The highest BCUT2D eigenvalue weighted by molar-refractivity contribution is 5.85. The first-order valence-corrected chi connectivity index (χ1v) is 7.11. The number of amides is 1. The molecule has 3 nitrogen and oxygen atoms in total. The number of carbonyl (C=O) groups is 1. The van der Waals surface area contributed by atoms with Crippen molar-refractivity contribution in [1.29, 1.82) is 0 Å². The summed E-state index contributed by atoms with van der Waals surface area (Å²) < 4.78 is 0. The quantitative estimate of drug-likeness (QED) is 0.835. The smallest absolute Gasteiger partial charge is 0.236 e. The molecule has 1 saturated heterocycles. The number of piperidine rings is 1. The number of nitrogens with one attached hydrogen (secondary N) is 1. The lowest BCUT2D eigenvalue weighted by molar-refractivity contribution is -0.133. The molecule has 1 amide bonds. The molecule has 0 aromatic carbocycles. The third-order valence-corrected chi connectivity index (χ3v) is 4.39. The van der Waals surface area contributed by atoms with E-state index in [-0.39, 0.29) is 12.4 Å². The fourth-order valence-electron chi connectivity index (χ4n) is 2.63.